The number of rotatable bonds is 7. The van der Waals surface area contributed by atoms with Gasteiger partial charge in [0.15, 0.2) is 5.78 Å². The number of amides is 3. The summed E-state index contributed by atoms with van der Waals surface area (Å²) >= 11 is 0. The van der Waals surface area contributed by atoms with Crippen LogP contribution in [-0.2, 0) is 20.8 Å². The number of Topliss-reactive ketones (excluding diaryl/α,β-unsaturated/α-hetero) is 1. The van der Waals surface area contributed by atoms with Gasteiger partial charge in [-0.3, -0.25) is 24.1 Å². The lowest BCUT2D eigenvalue weighted by Crippen LogP contribution is -2.42. The summed E-state index contributed by atoms with van der Waals surface area (Å²) in [6.07, 6.45) is 2.97. The predicted octanol–water partition coefficient (Wildman–Crippen LogP) is 2.85. The van der Waals surface area contributed by atoms with Gasteiger partial charge in [-0.2, -0.15) is 0 Å². The monoisotopic (exact) mass is 398 g/mol. The topological polar surface area (TPSA) is 74.8 Å². The van der Waals surface area contributed by atoms with Gasteiger partial charge < -0.3 is 4.90 Å². The highest BCUT2D eigenvalue weighted by molar-refractivity contribution is 6.02. The molecule has 0 N–H and O–H groups in total. The molecule has 6 heteroatoms. The zero-order valence-electron chi connectivity index (χ0n) is 17.4. The zero-order valence-corrected chi connectivity index (χ0v) is 17.4. The summed E-state index contributed by atoms with van der Waals surface area (Å²) < 4.78 is 0. The second-order valence-corrected chi connectivity index (χ2v) is 8.50. The third kappa shape index (κ3) is 5.31. The minimum Gasteiger partial charge on any atom is -0.343 e. The molecule has 1 aromatic rings. The number of ketones is 1. The van der Waals surface area contributed by atoms with Crippen LogP contribution in [0.3, 0.4) is 0 Å². The first-order chi connectivity index (χ1) is 13.8. The van der Waals surface area contributed by atoms with E-state index in [4.69, 9.17) is 0 Å². The molecule has 1 aromatic carbocycles. The van der Waals surface area contributed by atoms with Crippen molar-refractivity contribution >= 4 is 23.5 Å². The van der Waals surface area contributed by atoms with Crippen molar-refractivity contribution in [3.05, 3.63) is 35.4 Å². The summed E-state index contributed by atoms with van der Waals surface area (Å²) in [6, 6.07) is 7.91. The summed E-state index contributed by atoms with van der Waals surface area (Å²) in [5.74, 6) is 0.248. The number of imide groups is 1. The van der Waals surface area contributed by atoms with E-state index < -0.39 is 0 Å². The van der Waals surface area contributed by atoms with Crippen LogP contribution in [0.5, 0.6) is 0 Å². The Kier molecular flexibility index (Phi) is 6.83. The highest BCUT2D eigenvalue weighted by Crippen LogP contribution is 2.23. The highest BCUT2D eigenvalue weighted by Gasteiger charge is 2.31. The van der Waals surface area contributed by atoms with Gasteiger partial charge in [0.05, 0.1) is 0 Å². The van der Waals surface area contributed by atoms with Crippen LogP contribution in [0.15, 0.2) is 24.3 Å². The quantitative estimate of drug-likeness (QED) is 0.523. The minimum absolute atomic E-state index is 0.0542. The third-order valence-corrected chi connectivity index (χ3v) is 5.80. The summed E-state index contributed by atoms with van der Waals surface area (Å²) in [7, 11) is 0. The first kappa shape index (κ1) is 21.2. The van der Waals surface area contributed by atoms with E-state index in [0.29, 0.717) is 31.8 Å². The molecule has 0 aromatic heterocycles. The van der Waals surface area contributed by atoms with Gasteiger partial charge in [0.1, 0.15) is 0 Å². The number of likely N-dealkylation sites (tertiary alicyclic amines) is 2. The SMILES string of the molecule is CC(C)Cc1ccc(C(=O)C2CCN(C(=O)CCN3C(=O)CCC3=O)CC2)cc1. The molecule has 0 aliphatic carbocycles. The first-order valence-corrected chi connectivity index (χ1v) is 10.6. The molecule has 0 saturated carbocycles. The standard InChI is InChI=1S/C23H30N2O4/c1-16(2)15-17-3-5-18(6-4-17)23(29)19-9-12-24(13-10-19)20(26)11-14-25-21(27)7-8-22(25)28/h3-6,16,19H,7-15H2,1-2H3. The maximum atomic E-state index is 12.8. The third-order valence-electron chi connectivity index (χ3n) is 5.80. The van der Waals surface area contributed by atoms with Crippen LogP contribution in [-0.4, -0.2) is 52.9 Å². The van der Waals surface area contributed by atoms with Crippen LogP contribution in [0.4, 0.5) is 0 Å². The molecule has 0 unspecified atom stereocenters. The first-order valence-electron chi connectivity index (χ1n) is 10.6. The van der Waals surface area contributed by atoms with Crippen LogP contribution in [0, 0.1) is 11.8 Å². The van der Waals surface area contributed by atoms with Gasteiger partial charge in [0, 0.05) is 50.4 Å². The van der Waals surface area contributed by atoms with Crippen molar-refractivity contribution in [2.75, 3.05) is 19.6 Å². The van der Waals surface area contributed by atoms with Crippen molar-refractivity contribution in [3.8, 4) is 0 Å². The molecule has 2 heterocycles. The molecule has 3 amide bonds. The van der Waals surface area contributed by atoms with E-state index in [2.05, 4.69) is 13.8 Å². The van der Waals surface area contributed by atoms with Crippen LogP contribution in [0.2, 0.25) is 0 Å². The van der Waals surface area contributed by atoms with Gasteiger partial charge in [-0.15, -0.1) is 0 Å². The van der Waals surface area contributed by atoms with Crippen molar-refractivity contribution in [1.82, 2.24) is 9.80 Å². The largest absolute Gasteiger partial charge is 0.343 e. The lowest BCUT2D eigenvalue weighted by molar-refractivity contribution is -0.139. The Labute approximate surface area is 172 Å². The fourth-order valence-corrected chi connectivity index (χ4v) is 4.14. The second kappa shape index (κ2) is 9.33. The van der Waals surface area contributed by atoms with Gasteiger partial charge in [-0.25, -0.2) is 0 Å². The number of nitrogens with zero attached hydrogens (tertiary/aromatic N) is 2. The van der Waals surface area contributed by atoms with E-state index in [1.165, 1.54) is 10.5 Å². The number of carbonyl (C=O) groups excluding carboxylic acids is 4. The normalized spacial score (nSPS) is 18.0. The lowest BCUT2D eigenvalue weighted by atomic mass is 9.88. The van der Waals surface area contributed by atoms with Crippen molar-refractivity contribution in [1.29, 1.82) is 0 Å². The van der Waals surface area contributed by atoms with E-state index in [1.54, 1.807) is 4.90 Å². The summed E-state index contributed by atoms with van der Waals surface area (Å²) in [4.78, 5) is 51.5. The number of piperidine rings is 1. The molecular formula is C23H30N2O4. The van der Waals surface area contributed by atoms with E-state index in [0.717, 1.165) is 12.0 Å². The zero-order chi connectivity index (χ0) is 21.0. The lowest BCUT2D eigenvalue weighted by Gasteiger charge is -2.31. The molecule has 3 rings (SSSR count). The Balaban J connectivity index is 1.47. The molecule has 2 aliphatic rings. The molecule has 2 saturated heterocycles. The fraction of sp³-hybridized carbons (Fsp3) is 0.565. The maximum Gasteiger partial charge on any atom is 0.229 e. The molecule has 6 nitrogen and oxygen atoms in total. The van der Waals surface area contributed by atoms with Gasteiger partial charge in [-0.1, -0.05) is 38.1 Å². The summed E-state index contributed by atoms with van der Waals surface area (Å²) in [5, 5.41) is 0. The Hall–Kier alpha value is -2.50. The summed E-state index contributed by atoms with van der Waals surface area (Å²) in [5.41, 5.74) is 1.99. The molecule has 2 fully saturated rings. The number of hydrogen-bond donors (Lipinski definition) is 0. The second-order valence-electron chi connectivity index (χ2n) is 8.50. The molecule has 0 spiro atoms. The molecule has 0 bridgehead atoms. The van der Waals surface area contributed by atoms with E-state index in [1.807, 2.05) is 24.3 Å². The Morgan fingerprint density at radius 3 is 2.14 bits per heavy atom. The van der Waals surface area contributed by atoms with Gasteiger partial charge >= 0.3 is 0 Å². The fourth-order valence-electron chi connectivity index (χ4n) is 4.14. The van der Waals surface area contributed by atoms with E-state index >= 15 is 0 Å². The molecule has 0 radical (unpaired) electrons. The average Bonchev–Trinajstić information content (AvgIpc) is 3.03. The Morgan fingerprint density at radius 1 is 1.00 bits per heavy atom. The van der Waals surface area contributed by atoms with Crippen molar-refractivity contribution < 1.29 is 19.2 Å². The molecule has 29 heavy (non-hydrogen) atoms. The van der Waals surface area contributed by atoms with Gasteiger partial charge in [0.25, 0.3) is 0 Å². The van der Waals surface area contributed by atoms with Crippen molar-refractivity contribution in [2.45, 2.75) is 52.4 Å². The maximum absolute atomic E-state index is 12.8. The molecule has 0 atom stereocenters. The predicted molar refractivity (Wildman–Crippen MR) is 109 cm³/mol. The van der Waals surface area contributed by atoms with Crippen molar-refractivity contribution in [2.24, 2.45) is 11.8 Å². The smallest absolute Gasteiger partial charge is 0.229 e. The molecular weight excluding hydrogens is 368 g/mol. The van der Waals surface area contributed by atoms with E-state index in [-0.39, 0.29) is 55.2 Å². The summed E-state index contributed by atoms with van der Waals surface area (Å²) in [6.45, 7) is 5.60. The molecule has 2 aliphatic heterocycles. The van der Waals surface area contributed by atoms with Crippen molar-refractivity contribution in [3.63, 3.8) is 0 Å². The minimum atomic E-state index is -0.188. The number of hydrogen-bond acceptors (Lipinski definition) is 4. The number of carbonyl (C=O) groups is 4. The highest BCUT2D eigenvalue weighted by atomic mass is 16.2. The Morgan fingerprint density at radius 2 is 1.59 bits per heavy atom. The number of benzene rings is 1. The van der Waals surface area contributed by atoms with Crippen LogP contribution < -0.4 is 0 Å². The van der Waals surface area contributed by atoms with Gasteiger partial charge in [-0.05, 0) is 30.7 Å². The van der Waals surface area contributed by atoms with E-state index in [9.17, 15) is 19.2 Å². The average molecular weight is 399 g/mol. The van der Waals surface area contributed by atoms with Crippen LogP contribution in [0.25, 0.3) is 0 Å². The molecule has 156 valence electrons. The van der Waals surface area contributed by atoms with Gasteiger partial charge in [0.2, 0.25) is 17.7 Å². The van der Waals surface area contributed by atoms with Crippen LogP contribution >= 0.6 is 0 Å². The Bertz CT molecular complexity index is 761. The van der Waals surface area contributed by atoms with Crippen LogP contribution in [0.1, 0.15) is 61.9 Å².